The number of rotatable bonds is 1. The highest BCUT2D eigenvalue weighted by Gasteiger charge is 2.58. The van der Waals surface area contributed by atoms with Crippen LogP contribution < -0.4 is 0 Å². The maximum atomic E-state index is 10.8. The van der Waals surface area contributed by atoms with E-state index in [-0.39, 0.29) is 11.8 Å². The van der Waals surface area contributed by atoms with Crippen molar-refractivity contribution in [3.05, 3.63) is 39.9 Å². The van der Waals surface area contributed by atoms with Crippen molar-refractivity contribution in [2.75, 3.05) is 0 Å². The van der Waals surface area contributed by atoms with Crippen LogP contribution in [-0.4, -0.2) is 14.8 Å². The van der Waals surface area contributed by atoms with Crippen molar-refractivity contribution in [1.82, 2.24) is 4.57 Å². The molecule has 4 atom stereocenters. The number of aromatic hydroxyl groups is 2. The minimum atomic E-state index is 0.215. The fourth-order valence-electron chi connectivity index (χ4n) is 4.94. The number of fused-ring (bicyclic) bond motifs is 1. The van der Waals surface area contributed by atoms with Crippen molar-refractivity contribution in [2.24, 2.45) is 11.8 Å². The van der Waals surface area contributed by atoms with Gasteiger partial charge in [-0.15, -0.1) is 0 Å². The molecular formula is C18H18ClNO2. The van der Waals surface area contributed by atoms with E-state index in [1.807, 2.05) is 25.1 Å². The number of halogens is 1. The highest BCUT2D eigenvalue weighted by molar-refractivity contribution is 6.31. The van der Waals surface area contributed by atoms with Gasteiger partial charge in [-0.05, 0) is 67.6 Å². The van der Waals surface area contributed by atoms with E-state index in [4.69, 9.17) is 11.6 Å². The molecule has 2 aromatic rings. The Bertz CT molecular complexity index is 770. The van der Waals surface area contributed by atoms with Crippen LogP contribution in [0.2, 0.25) is 5.02 Å². The van der Waals surface area contributed by atoms with Crippen LogP contribution in [0.25, 0.3) is 5.69 Å². The minimum absolute atomic E-state index is 0.215. The van der Waals surface area contributed by atoms with Crippen LogP contribution in [0.1, 0.15) is 47.8 Å². The average Bonchev–Trinajstić information content (AvgIpc) is 3.28. The summed E-state index contributed by atoms with van der Waals surface area (Å²) in [7, 11) is 0. The summed E-state index contributed by atoms with van der Waals surface area (Å²) in [5.74, 6) is 2.75. The van der Waals surface area contributed by atoms with Crippen molar-refractivity contribution < 1.29 is 10.2 Å². The summed E-state index contributed by atoms with van der Waals surface area (Å²) in [6.07, 6.45) is 3.55. The van der Waals surface area contributed by atoms with Crippen LogP contribution in [0, 0.1) is 18.8 Å². The van der Waals surface area contributed by atoms with Gasteiger partial charge >= 0.3 is 0 Å². The third kappa shape index (κ3) is 1.43. The summed E-state index contributed by atoms with van der Waals surface area (Å²) in [6.45, 7) is 1.94. The first kappa shape index (κ1) is 12.9. The molecule has 1 aromatic carbocycles. The zero-order valence-electron chi connectivity index (χ0n) is 12.4. The van der Waals surface area contributed by atoms with E-state index >= 15 is 0 Å². The van der Waals surface area contributed by atoms with E-state index in [2.05, 4.69) is 0 Å². The van der Waals surface area contributed by atoms with Crippen LogP contribution in [0.3, 0.4) is 0 Å². The fraction of sp³-hybridized carbons (Fsp3) is 0.444. The zero-order valence-corrected chi connectivity index (χ0v) is 13.1. The minimum Gasteiger partial charge on any atom is -0.494 e. The Kier molecular flexibility index (Phi) is 2.35. The van der Waals surface area contributed by atoms with E-state index < -0.39 is 0 Å². The molecule has 4 heteroatoms. The third-order valence-electron chi connectivity index (χ3n) is 6.06. The van der Waals surface area contributed by atoms with Gasteiger partial charge in [0.1, 0.15) is 0 Å². The molecule has 4 aliphatic rings. The Hall–Kier alpha value is -1.61. The SMILES string of the molecule is Cc1ccc(-n2c(O)c3c(c2O)[C@@H]2CC[C@H]3[C@H]3C[C@H]32)cc1Cl. The van der Waals surface area contributed by atoms with Gasteiger partial charge in [-0.3, -0.25) is 4.57 Å². The van der Waals surface area contributed by atoms with E-state index in [0.717, 1.165) is 47.1 Å². The molecular weight excluding hydrogens is 298 g/mol. The standard InChI is InChI=1S/C18H18ClNO2/c1-8-2-3-9(6-14(8)19)20-17(21)15-10-4-5-11(13-7-12(10)13)16(15)18(20)22/h2-3,6,10-13,21-22H,4-5,7H2,1H3/t10-,11+,12+,13-. The van der Waals surface area contributed by atoms with Gasteiger partial charge in [0.15, 0.2) is 0 Å². The molecule has 0 amide bonds. The van der Waals surface area contributed by atoms with Gasteiger partial charge in [0.25, 0.3) is 0 Å². The van der Waals surface area contributed by atoms with Crippen LogP contribution in [0.15, 0.2) is 18.2 Å². The number of benzene rings is 1. The number of hydrogen-bond acceptors (Lipinski definition) is 2. The summed E-state index contributed by atoms with van der Waals surface area (Å²) in [4.78, 5) is 0. The Morgan fingerprint density at radius 2 is 1.64 bits per heavy atom. The monoisotopic (exact) mass is 315 g/mol. The molecule has 2 saturated carbocycles. The van der Waals surface area contributed by atoms with Gasteiger partial charge in [0.2, 0.25) is 11.8 Å². The maximum Gasteiger partial charge on any atom is 0.202 e. The molecule has 0 aliphatic heterocycles. The fourth-order valence-corrected chi connectivity index (χ4v) is 5.12. The summed E-state index contributed by atoms with van der Waals surface area (Å²) >= 11 is 6.22. The number of aryl methyl sites for hydroxylation is 1. The van der Waals surface area contributed by atoms with Crippen LogP contribution in [-0.2, 0) is 0 Å². The van der Waals surface area contributed by atoms with Crippen LogP contribution >= 0.6 is 11.6 Å². The second-order valence-electron chi connectivity index (χ2n) is 7.10. The Morgan fingerprint density at radius 1 is 1.05 bits per heavy atom. The van der Waals surface area contributed by atoms with Crippen molar-refractivity contribution in [1.29, 1.82) is 0 Å². The van der Waals surface area contributed by atoms with Gasteiger partial charge in [-0.1, -0.05) is 17.7 Å². The molecule has 114 valence electrons. The molecule has 0 spiro atoms. The lowest BCUT2D eigenvalue weighted by Crippen LogP contribution is -2.22. The average molecular weight is 316 g/mol. The summed E-state index contributed by atoms with van der Waals surface area (Å²) in [5, 5.41) is 22.2. The summed E-state index contributed by atoms with van der Waals surface area (Å²) < 4.78 is 1.58. The maximum absolute atomic E-state index is 10.8. The van der Waals surface area contributed by atoms with Gasteiger partial charge in [-0.2, -0.15) is 0 Å². The van der Waals surface area contributed by atoms with Crippen molar-refractivity contribution in [2.45, 2.75) is 38.0 Å². The predicted molar refractivity (Wildman–Crippen MR) is 85.2 cm³/mol. The predicted octanol–water partition coefficient (Wildman–Crippen LogP) is 4.46. The highest BCUT2D eigenvalue weighted by Crippen LogP contribution is 2.70. The molecule has 1 aromatic heterocycles. The molecule has 4 aliphatic carbocycles. The van der Waals surface area contributed by atoms with Crippen LogP contribution in [0.4, 0.5) is 0 Å². The first-order valence-electron chi connectivity index (χ1n) is 8.01. The number of hydrogen-bond donors (Lipinski definition) is 2. The van der Waals surface area contributed by atoms with Crippen molar-refractivity contribution in [3.8, 4) is 17.4 Å². The molecule has 3 nitrogen and oxygen atoms in total. The van der Waals surface area contributed by atoms with E-state index in [9.17, 15) is 10.2 Å². The van der Waals surface area contributed by atoms with Crippen molar-refractivity contribution in [3.63, 3.8) is 0 Å². The Morgan fingerprint density at radius 3 is 2.18 bits per heavy atom. The smallest absolute Gasteiger partial charge is 0.202 e. The molecule has 2 bridgehead atoms. The van der Waals surface area contributed by atoms with Crippen molar-refractivity contribution >= 4 is 11.6 Å². The number of aromatic nitrogens is 1. The normalized spacial score (nSPS) is 31.0. The highest BCUT2D eigenvalue weighted by atomic mass is 35.5. The largest absolute Gasteiger partial charge is 0.494 e. The lowest BCUT2D eigenvalue weighted by atomic mass is 9.68. The van der Waals surface area contributed by atoms with E-state index in [1.54, 1.807) is 4.57 Å². The molecule has 1 heterocycles. The first-order chi connectivity index (χ1) is 10.6. The van der Waals surface area contributed by atoms with E-state index in [0.29, 0.717) is 16.9 Å². The van der Waals surface area contributed by atoms with Crippen LogP contribution in [0.5, 0.6) is 11.8 Å². The lowest BCUT2D eigenvalue weighted by Gasteiger charge is -2.35. The number of nitrogens with zero attached hydrogens (tertiary/aromatic N) is 1. The van der Waals surface area contributed by atoms with Gasteiger partial charge in [-0.25, -0.2) is 0 Å². The zero-order chi connectivity index (χ0) is 15.2. The molecule has 6 rings (SSSR count). The Balaban J connectivity index is 1.74. The first-order valence-corrected chi connectivity index (χ1v) is 8.38. The topological polar surface area (TPSA) is 45.4 Å². The Labute approximate surface area is 134 Å². The molecule has 2 fully saturated rings. The van der Waals surface area contributed by atoms with Gasteiger partial charge in [0, 0.05) is 16.1 Å². The summed E-state index contributed by atoms with van der Waals surface area (Å²) in [6, 6.07) is 5.63. The second kappa shape index (κ2) is 4.02. The molecule has 2 N–H and O–H groups in total. The third-order valence-corrected chi connectivity index (χ3v) is 6.47. The second-order valence-corrected chi connectivity index (χ2v) is 7.50. The van der Waals surface area contributed by atoms with Gasteiger partial charge < -0.3 is 10.2 Å². The summed E-state index contributed by atoms with van der Waals surface area (Å²) in [5.41, 5.74) is 3.73. The molecule has 22 heavy (non-hydrogen) atoms. The molecule has 0 unspecified atom stereocenters. The van der Waals surface area contributed by atoms with E-state index in [1.165, 1.54) is 6.42 Å². The molecule has 0 radical (unpaired) electrons. The lowest BCUT2D eigenvalue weighted by molar-refractivity contribution is 0.322. The molecule has 0 saturated heterocycles. The quantitative estimate of drug-likeness (QED) is 0.816. The van der Waals surface area contributed by atoms with Gasteiger partial charge in [0.05, 0.1) is 5.69 Å².